The predicted molar refractivity (Wildman–Crippen MR) is 137 cm³/mol. The van der Waals surface area contributed by atoms with Crippen LogP contribution in [-0.2, 0) is 15.7 Å². The van der Waals surface area contributed by atoms with E-state index in [9.17, 15) is 22.8 Å². The molecule has 1 aliphatic heterocycles. The van der Waals surface area contributed by atoms with Crippen LogP contribution < -0.4 is 0 Å². The molecule has 0 N–H and O–H groups in total. The summed E-state index contributed by atoms with van der Waals surface area (Å²) in [5.74, 6) is -0.905. The number of rotatable bonds is 16. The largest absolute Gasteiger partial charge is 0.465 e. The molecule has 1 saturated heterocycles. The van der Waals surface area contributed by atoms with Gasteiger partial charge in [-0.1, -0.05) is 90.0 Å². The summed E-state index contributed by atoms with van der Waals surface area (Å²) in [6.07, 6.45) is 12.9. The van der Waals surface area contributed by atoms with E-state index in [-0.39, 0.29) is 17.5 Å². The third-order valence-electron chi connectivity index (χ3n) is 7.04. The second-order valence-corrected chi connectivity index (χ2v) is 10.1. The lowest BCUT2D eigenvalue weighted by Crippen LogP contribution is -2.40. The van der Waals surface area contributed by atoms with Gasteiger partial charge in [-0.3, -0.25) is 9.59 Å². The molecule has 0 radical (unpaired) electrons. The first-order valence-electron chi connectivity index (χ1n) is 14.0. The van der Waals surface area contributed by atoms with E-state index in [1.807, 2.05) is 0 Å². The van der Waals surface area contributed by atoms with E-state index in [0.717, 1.165) is 25.0 Å². The minimum atomic E-state index is -4.49. The number of nitrogens with zero attached hydrogens (tertiary/aromatic N) is 1. The van der Waals surface area contributed by atoms with Gasteiger partial charge in [-0.05, 0) is 37.5 Å². The SMILES string of the molecule is CCCCCCCCCCCCCCCOC(=O)C1CCN(C(=O)c2cccc(C(F)(F)F)c2)CC1. The fraction of sp³-hybridized carbons (Fsp3) is 0.724. The number of piperidine rings is 1. The van der Waals surface area contributed by atoms with Gasteiger partial charge in [-0.2, -0.15) is 13.2 Å². The second kappa shape index (κ2) is 16.6. The van der Waals surface area contributed by atoms with Crippen LogP contribution in [0, 0.1) is 5.92 Å². The summed E-state index contributed by atoms with van der Waals surface area (Å²) < 4.78 is 44.2. The lowest BCUT2D eigenvalue weighted by atomic mass is 9.96. The Morgan fingerprint density at radius 2 is 1.39 bits per heavy atom. The zero-order chi connectivity index (χ0) is 26.2. The van der Waals surface area contributed by atoms with E-state index in [2.05, 4.69) is 6.92 Å². The Morgan fingerprint density at radius 3 is 1.92 bits per heavy atom. The summed E-state index contributed by atoms with van der Waals surface area (Å²) in [6.45, 7) is 3.36. The number of halogens is 3. The van der Waals surface area contributed by atoms with Gasteiger partial charge >= 0.3 is 12.1 Å². The molecular formula is C29H44F3NO3. The standard InChI is InChI=1S/C29H44F3NO3/c1-2-3-4-5-6-7-8-9-10-11-12-13-14-22-36-28(35)24-18-20-33(21-19-24)27(34)25-16-15-17-26(23-25)29(30,31)32/h15-17,23-24H,2-14,18-22H2,1H3. The highest BCUT2D eigenvalue weighted by atomic mass is 19.4. The van der Waals surface area contributed by atoms with Gasteiger partial charge in [-0.25, -0.2) is 0 Å². The van der Waals surface area contributed by atoms with E-state index in [4.69, 9.17) is 4.74 Å². The average molecular weight is 512 g/mol. The van der Waals surface area contributed by atoms with E-state index in [1.165, 1.54) is 87.7 Å². The molecule has 1 aliphatic rings. The molecule has 1 heterocycles. The number of amides is 1. The molecule has 1 amide bonds. The third kappa shape index (κ3) is 11.3. The lowest BCUT2D eigenvalue weighted by molar-refractivity contribution is -0.150. The van der Waals surface area contributed by atoms with Gasteiger partial charge in [0.15, 0.2) is 0 Å². The molecule has 36 heavy (non-hydrogen) atoms. The van der Waals surface area contributed by atoms with Gasteiger partial charge in [0.05, 0.1) is 18.1 Å². The van der Waals surface area contributed by atoms with Crippen molar-refractivity contribution in [3.8, 4) is 0 Å². The summed E-state index contributed by atoms with van der Waals surface area (Å²) in [5, 5.41) is 0. The summed E-state index contributed by atoms with van der Waals surface area (Å²) in [6, 6.07) is 4.48. The molecule has 7 heteroatoms. The van der Waals surface area contributed by atoms with Gasteiger partial charge < -0.3 is 9.64 Å². The van der Waals surface area contributed by atoms with Crippen molar-refractivity contribution in [1.82, 2.24) is 4.90 Å². The average Bonchev–Trinajstić information content (AvgIpc) is 2.88. The summed E-state index contributed by atoms with van der Waals surface area (Å²) in [7, 11) is 0. The predicted octanol–water partition coefficient (Wildman–Crippen LogP) is 8.19. The van der Waals surface area contributed by atoms with Crippen LogP contribution in [0.3, 0.4) is 0 Å². The fourth-order valence-corrected chi connectivity index (χ4v) is 4.74. The van der Waals surface area contributed by atoms with Crippen molar-refractivity contribution in [3.63, 3.8) is 0 Å². The first-order valence-corrected chi connectivity index (χ1v) is 14.0. The maximum absolute atomic E-state index is 12.9. The number of carbonyl (C=O) groups excluding carboxylic acids is 2. The first kappa shape index (κ1) is 30.2. The Bertz CT molecular complexity index is 773. The number of hydrogen-bond donors (Lipinski definition) is 0. The minimum absolute atomic E-state index is 0.0215. The zero-order valence-corrected chi connectivity index (χ0v) is 21.9. The Labute approximate surface area is 215 Å². The van der Waals surface area contributed by atoms with Crippen molar-refractivity contribution in [2.24, 2.45) is 5.92 Å². The van der Waals surface area contributed by atoms with Crippen molar-refractivity contribution in [1.29, 1.82) is 0 Å². The maximum atomic E-state index is 12.9. The molecule has 1 aromatic carbocycles. The topological polar surface area (TPSA) is 46.6 Å². The number of benzene rings is 1. The summed E-state index contributed by atoms with van der Waals surface area (Å²) in [5.41, 5.74) is -0.812. The summed E-state index contributed by atoms with van der Waals surface area (Å²) in [4.78, 5) is 26.5. The molecule has 0 aliphatic carbocycles. The van der Waals surface area contributed by atoms with E-state index < -0.39 is 17.6 Å². The number of esters is 1. The highest BCUT2D eigenvalue weighted by Gasteiger charge is 2.32. The molecular weight excluding hydrogens is 467 g/mol. The van der Waals surface area contributed by atoms with Crippen molar-refractivity contribution in [2.45, 2.75) is 109 Å². The van der Waals surface area contributed by atoms with Gasteiger partial charge in [0.25, 0.3) is 5.91 Å². The molecule has 0 bridgehead atoms. The van der Waals surface area contributed by atoms with Crippen molar-refractivity contribution < 1.29 is 27.5 Å². The molecule has 0 unspecified atom stereocenters. The monoisotopic (exact) mass is 511 g/mol. The van der Waals surface area contributed by atoms with E-state index >= 15 is 0 Å². The number of likely N-dealkylation sites (tertiary alicyclic amines) is 1. The van der Waals surface area contributed by atoms with Crippen LogP contribution in [0.5, 0.6) is 0 Å². The molecule has 1 aromatic rings. The first-order chi connectivity index (χ1) is 17.3. The van der Waals surface area contributed by atoms with Crippen molar-refractivity contribution in [2.75, 3.05) is 19.7 Å². The minimum Gasteiger partial charge on any atom is -0.465 e. The molecule has 2 rings (SSSR count). The Morgan fingerprint density at radius 1 is 0.861 bits per heavy atom. The third-order valence-corrected chi connectivity index (χ3v) is 7.04. The Hall–Kier alpha value is -2.05. The van der Waals surface area contributed by atoms with Crippen molar-refractivity contribution in [3.05, 3.63) is 35.4 Å². The van der Waals surface area contributed by atoms with E-state index in [1.54, 1.807) is 0 Å². The lowest BCUT2D eigenvalue weighted by Gasteiger charge is -2.31. The fourth-order valence-electron chi connectivity index (χ4n) is 4.74. The highest BCUT2D eigenvalue weighted by molar-refractivity contribution is 5.94. The smallest absolute Gasteiger partial charge is 0.416 e. The van der Waals surface area contributed by atoms with Crippen LogP contribution in [0.4, 0.5) is 13.2 Å². The molecule has 0 atom stereocenters. The molecule has 1 fully saturated rings. The Balaban J connectivity index is 1.51. The maximum Gasteiger partial charge on any atom is 0.416 e. The zero-order valence-electron chi connectivity index (χ0n) is 21.9. The van der Waals surface area contributed by atoms with Gasteiger partial charge in [0.1, 0.15) is 0 Å². The number of alkyl halides is 3. The van der Waals surface area contributed by atoms with Gasteiger partial charge in [0.2, 0.25) is 0 Å². The molecule has 4 nitrogen and oxygen atoms in total. The van der Waals surface area contributed by atoms with Crippen LogP contribution in [0.25, 0.3) is 0 Å². The second-order valence-electron chi connectivity index (χ2n) is 10.1. The highest BCUT2D eigenvalue weighted by Crippen LogP contribution is 2.30. The van der Waals surface area contributed by atoms with Gasteiger partial charge in [-0.15, -0.1) is 0 Å². The summed E-state index contributed by atoms with van der Waals surface area (Å²) >= 11 is 0. The van der Waals surface area contributed by atoms with Crippen LogP contribution in [0.15, 0.2) is 24.3 Å². The quantitative estimate of drug-likeness (QED) is 0.166. The van der Waals surface area contributed by atoms with Gasteiger partial charge in [0, 0.05) is 18.7 Å². The van der Waals surface area contributed by atoms with Crippen LogP contribution in [0.1, 0.15) is 119 Å². The Kier molecular flexibility index (Phi) is 14.0. The normalized spacial score (nSPS) is 14.7. The molecule has 0 aromatic heterocycles. The van der Waals surface area contributed by atoms with Crippen LogP contribution >= 0.6 is 0 Å². The number of hydrogen-bond acceptors (Lipinski definition) is 3. The molecule has 204 valence electrons. The number of unbranched alkanes of at least 4 members (excludes halogenated alkanes) is 12. The number of ether oxygens (including phenoxy) is 1. The van der Waals surface area contributed by atoms with Crippen LogP contribution in [-0.4, -0.2) is 36.5 Å². The van der Waals surface area contributed by atoms with E-state index in [0.29, 0.717) is 32.5 Å². The number of carbonyl (C=O) groups is 2. The molecule has 0 spiro atoms. The van der Waals surface area contributed by atoms with Crippen molar-refractivity contribution >= 4 is 11.9 Å². The van der Waals surface area contributed by atoms with Crippen LogP contribution in [0.2, 0.25) is 0 Å². The molecule has 0 saturated carbocycles.